The van der Waals surface area contributed by atoms with Crippen LogP contribution in [0.3, 0.4) is 0 Å². The zero-order valence-electron chi connectivity index (χ0n) is 12.9. The predicted molar refractivity (Wildman–Crippen MR) is 82.7 cm³/mol. The van der Waals surface area contributed by atoms with Crippen LogP contribution in [0.4, 0.5) is 0 Å². The first-order valence-electron chi connectivity index (χ1n) is 6.81. The Bertz CT molecular complexity index is 575. The number of nitrogens with zero attached hydrogens (tertiary/aromatic N) is 1. The quantitative estimate of drug-likeness (QED) is 0.874. The van der Waals surface area contributed by atoms with Crippen molar-refractivity contribution in [3.8, 4) is 0 Å². The fourth-order valence-corrected chi connectivity index (χ4v) is 4.31. The molecule has 6 heteroatoms. The molecule has 0 bridgehead atoms. The largest absolute Gasteiger partial charge is 0.480 e. The van der Waals surface area contributed by atoms with Crippen molar-refractivity contribution in [3.63, 3.8) is 0 Å². The van der Waals surface area contributed by atoms with Gasteiger partial charge >= 0.3 is 5.97 Å². The van der Waals surface area contributed by atoms with E-state index in [1.165, 1.54) is 0 Å². The third-order valence-corrected chi connectivity index (χ3v) is 5.46. The topological polar surface area (TPSA) is 74.7 Å². The maximum absolute atomic E-state index is 12.6. The van der Waals surface area contributed by atoms with E-state index in [9.17, 15) is 13.2 Å². The van der Waals surface area contributed by atoms with Crippen LogP contribution in [0.1, 0.15) is 39.2 Å². The van der Waals surface area contributed by atoms with Crippen LogP contribution in [0, 0.1) is 0 Å². The van der Waals surface area contributed by atoms with Crippen molar-refractivity contribution in [1.82, 2.24) is 4.31 Å². The van der Waals surface area contributed by atoms with Crippen molar-refractivity contribution < 1.29 is 18.3 Å². The first kappa shape index (κ1) is 17.7. The molecule has 1 atom stereocenters. The Morgan fingerprint density at radius 1 is 1.24 bits per heavy atom. The molecule has 1 aromatic rings. The van der Waals surface area contributed by atoms with E-state index in [-0.39, 0.29) is 11.7 Å². The third-order valence-electron chi connectivity index (χ3n) is 3.19. The smallest absolute Gasteiger partial charge is 0.318 e. The molecule has 0 saturated heterocycles. The molecule has 0 aliphatic carbocycles. The fraction of sp³-hybridized carbons (Fsp3) is 0.533. The van der Waals surface area contributed by atoms with Crippen molar-refractivity contribution in [2.45, 2.75) is 39.2 Å². The summed E-state index contributed by atoms with van der Waals surface area (Å²) in [5, 5.41) is 8.96. The van der Waals surface area contributed by atoms with E-state index in [1.54, 1.807) is 20.8 Å². The van der Waals surface area contributed by atoms with Gasteiger partial charge in [-0.1, -0.05) is 37.3 Å². The molecule has 0 amide bonds. The zero-order valence-corrected chi connectivity index (χ0v) is 13.7. The van der Waals surface area contributed by atoms with Gasteiger partial charge in [0.25, 0.3) is 0 Å². The summed E-state index contributed by atoms with van der Waals surface area (Å²) in [6, 6.07) is 9.34. The van der Waals surface area contributed by atoms with E-state index in [0.29, 0.717) is 0 Å². The average Bonchev–Trinajstić information content (AvgIpc) is 2.35. The van der Waals surface area contributed by atoms with E-state index in [1.807, 2.05) is 37.3 Å². The van der Waals surface area contributed by atoms with Gasteiger partial charge in [-0.05, 0) is 32.3 Å². The summed E-state index contributed by atoms with van der Waals surface area (Å²) in [6.07, 6.45) is 0. The number of hydrogen-bond donors (Lipinski definition) is 1. The summed E-state index contributed by atoms with van der Waals surface area (Å²) in [4.78, 5) is 11.0. The molecule has 0 aromatic heterocycles. The molecular weight excluding hydrogens is 290 g/mol. The van der Waals surface area contributed by atoms with Crippen molar-refractivity contribution >= 4 is 16.0 Å². The maximum atomic E-state index is 12.6. The monoisotopic (exact) mass is 313 g/mol. The first-order chi connectivity index (χ1) is 9.54. The molecule has 1 rings (SSSR count). The van der Waals surface area contributed by atoms with Crippen molar-refractivity contribution in [1.29, 1.82) is 0 Å². The number of carboxylic acid groups (broad SMARTS) is 1. The lowest BCUT2D eigenvalue weighted by Crippen LogP contribution is -2.49. The Morgan fingerprint density at radius 3 is 2.19 bits per heavy atom. The lowest BCUT2D eigenvalue weighted by Gasteiger charge is -2.34. The maximum Gasteiger partial charge on any atom is 0.318 e. The Morgan fingerprint density at radius 2 is 1.76 bits per heavy atom. The normalized spacial score (nSPS) is 14.1. The molecule has 21 heavy (non-hydrogen) atoms. The van der Waals surface area contributed by atoms with Gasteiger partial charge < -0.3 is 5.11 Å². The van der Waals surface area contributed by atoms with Crippen LogP contribution in [0.25, 0.3) is 0 Å². The molecule has 0 spiro atoms. The highest BCUT2D eigenvalue weighted by Gasteiger charge is 2.35. The summed E-state index contributed by atoms with van der Waals surface area (Å²) in [6.45, 7) is 6.39. The summed E-state index contributed by atoms with van der Waals surface area (Å²) in [7, 11) is -3.67. The Hall–Kier alpha value is -1.40. The minimum Gasteiger partial charge on any atom is -0.480 e. The second-order valence-corrected chi connectivity index (χ2v) is 8.10. The lowest BCUT2D eigenvalue weighted by atomic mass is 10.0. The van der Waals surface area contributed by atoms with E-state index < -0.39 is 28.1 Å². The molecule has 118 valence electrons. The van der Waals surface area contributed by atoms with E-state index in [0.717, 1.165) is 9.87 Å². The average molecular weight is 313 g/mol. The Balaban J connectivity index is 2.99. The fourth-order valence-electron chi connectivity index (χ4n) is 2.16. The van der Waals surface area contributed by atoms with Crippen LogP contribution in [0.15, 0.2) is 30.3 Å². The van der Waals surface area contributed by atoms with Gasteiger partial charge in [-0.15, -0.1) is 0 Å². The van der Waals surface area contributed by atoms with Gasteiger partial charge in [0.2, 0.25) is 10.0 Å². The zero-order chi connectivity index (χ0) is 16.3. The molecular formula is C15H23NO4S. The summed E-state index contributed by atoms with van der Waals surface area (Å²) >= 11 is 0. The van der Waals surface area contributed by atoms with Crippen LogP contribution >= 0.6 is 0 Å². The van der Waals surface area contributed by atoms with Gasteiger partial charge in [0, 0.05) is 5.54 Å². The Kier molecular flexibility index (Phi) is 5.53. The van der Waals surface area contributed by atoms with Gasteiger partial charge in [-0.3, -0.25) is 4.79 Å². The molecule has 0 saturated carbocycles. The van der Waals surface area contributed by atoms with Gasteiger partial charge in [0.05, 0.1) is 5.75 Å². The number of hydrogen-bond acceptors (Lipinski definition) is 3. The minimum atomic E-state index is -3.67. The molecule has 1 unspecified atom stereocenters. The van der Waals surface area contributed by atoms with Gasteiger partial charge in [0.1, 0.15) is 6.54 Å². The van der Waals surface area contributed by atoms with Crippen molar-refractivity contribution in [3.05, 3.63) is 35.9 Å². The highest BCUT2D eigenvalue weighted by atomic mass is 32.2. The number of rotatable bonds is 6. The van der Waals surface area contributed by atoms with Gasteiger partial charge in [-0.25, -0.2) is 8.42 Å². The van der Waals surface area contributed by atoms with Crippen LogP contribution in [-0.2, 0) is 14.8 Å². The second-order valence-electron chi connectivity index (χ2n) is 6.16. The van der Waals surface area contributed by atoms with Crippen LogP contribution in [-0.4, -0.2) is 41.6 Å². The number of aliphatic carboxylic acids is 1. The predicted octanol–water partition coefficient (Wildman–Crippen LogP) is 2.30. The minimum absolute atomic E-state index is 0.110. The SMILES string of the molecule is CC(CS(=O)(=O)N(CC(=O)O)C(C)(C)C)c1ccccc1. The molecule has 0 aliphatic heterocycles. The van der Waals surface area contributed by atoms with Crippen LogP contribution in [0.2, 0.25) is 0 Å². The molecule has 0 radical (unpaired) electrons. The van der Waals surface area contributed by atoms with Crippen LogP contribution in [0.5, 0.6) is 0 Å². The summed E-state index contributed by atoms with van der Waals surface area (Å²) in [5.74, 6) is -1.46. The van der Waals surface area contributed by atoms with Gasteiger partial charge in [0.15, 0.2) is 0 Å². The first-order valence-corrected chi connectivity index (χ1v) is 8.42. The summed E-state index contributed by atoms with van der Waals surface area (Å²) in [5.41, 5.74) is 0.151. The number of carbonyl (C=O) groups is 1. The molecule has 0 aliphatic rings. The number of carboxylic acids is 1. The van der Waals surface area contributed by atoms with E-state index in [2.05, 4.69) is 0 Å². The standard InChI is InChI=1S/C15H23NO4S/c1-12(13-8-6-5-7-9-13)11-21(19,20)16(10-14(17)18)15(2,3)4/h5-9,12H,10-11H2,1-4H3,(H,17,18). The summed E-state index contributed by atoms with van der Waals surface area (Å²) < 4.78 is 26.2. The Labute approximate surface area is 126 Å². The second kappa shape index (κ2) is 6.58. The van der Waals surface area contributed by atoms with Crippen LogP contribution < -0.4 is 0 Å². The van der Waals surface area contributed by atoms with Crippen molar-refractivity contribution in [2.24, 2.45) is 0 Å². The molecule has 5 nitrogen and oxygen atoms in total. The van der Waals surface area contributed by atoms with Gasteiger partial charge in [-0.2, -0.15) is 4.31 Å². The lowest BCUT2D eigenvalue weighted by molar-refractivity contribution is -0.138. The third kappa shape index (κ3) is 5.13. The van der Waals surface area contributed by atoms with Crippen molar-refractivity contribution in [2.75, 3.05) is 12.3 Å². The molecule has 0 heterocycles. The number of benzene rings is 1. The highest BCUT2D eigenvalue weighted by molar-refractivity contribution is 7.89. The highest BCUT2D eigenvalue weighted by Crippen LogP contribution is 2.23. The van der Waals surface area contributed by atoms with E-state index >= 15 is 0 Å². The molecule has 1 N–H and O–H groups in total. The molecule has 0 fully saturated rings. The molecule has 1 aromatic carbocycles. The van der Waals surface area contributed by atoms with E-state index in [4.69, 9.17) is 5.11 Å². The number of sulfonamides is 1.